The van der Waals surface area contributed by atoms with Crippen LogP contribution < -0.4 is 5.32 Å². The Labute approximate surface area is 252 Å². The summed E-state index contributed by atoms with van der Waals surface area (Å²) in [5.74, 6) is -0.479. The Morgan fingerprint density at radius 2 is 1.42 bits per heavy atom. The highest BCUT2D eigenvalue weighted by atomic mass is 32.2. The lowest BCUT2D eigenvalue weighted by Crippen LogP contribution is -2.28. The molecule has 0 bridgehead atoms. The van der Waals surface area contributed by atoms with E-state index in [0.717, 1.165) is 22.7 Å². The van der Waals surface area contributed by atoms with Gasteiger partial charge in [0.2, 0.25) is 5.69 Å². The van der Waals surface area contributed by atoms with Crippen LogP contribution >= 0.6 is 0 Å². The summed E-state index contributed by atoms with van der Waals surface area (Å²) in [5, 5.41) is 3.29. The maximum atomic E-state index is 11.8. The molecule has 0 saturated carbocycles. The molecule has 11 nitrogen and oxygen atoms in total. The highest BCUT2D eigenvalue weighted by Crippen LogP contribution is 2.44. The van der Waals surface area contributed by atoms with E-state index in [1.807, 2.05) is 56.6 Å². The van der Waals surface area contributed by atoms with E-state index in [2.05, 4.69) is 5.32 Å². The second-order valence-electron chi connectivity index (χ2n) is 11.5. The van der Waals surface area contributed by atoms with Crippen molar-refractivity contribution in [1.82, 2.24) is 0 Å². The second-order valence-corrected chi connectivity index (χ2v) is 15.9. The van der Waals surface area contributed by atoms with Crippen LogP contribution in [0.15, 0.2) is 82.3 Å². The number of anilines is 1. The second kappa shape index (κ2) is 11.4. The average molecular weight is 651 g/mol. The summed E-state index contributed by atoms with van der Waals surface area (Å²) in [6.45, 7) is 8.07. The molecule has 2 aliphatic rings. The van der Waals surface area contributed by atoms with Crippen LogP contribution in [0.25, 0.3) is 0 Å². The third kappa shape index (κ3) is 7.00. The Kier molecular flexibility index (Phi) is 8.70. The Balaban J connectivity index is 1.62. The third-order valence-corrected chi connectivity index (χ3v) is 10.3. The summed E-state index contributed by atoms with van der Waals surface area (Å²) < 4.78 is 101. The van der Waals surface area contributed by atoms with E-state index >= 15 is 0 Å². The summed E-state index contributed by atoms with van der Waals surface area (Å²) in [7, 11) is -13.1. The number of hydrogen-bond donors (Lipinski definition) is 3. The van der Waals surface area contributed by atoms with E-state index in [1.54, 1.807) is 18.2 Å². The van der Waals surface area contributed by atoms with Gasteiger partial charge in [0.15, 0.2) is 5.71 Å². The van der Waals surface area contributed by atoms with Crippen LogP contribution in [-0.2, 0) is 41.2 Å². The lowest BCUT2D eigenvalue weighted by molar-refractivity contribution is -0.438. The Hall–Kier alpha value is -3.14. The minimum absolute atomic E-state index is 0.169. The average Bonchev–Trinajstić information content (AvgIpc) is 3.25. The first-order valence-corrected chi connectivity index (χ1v) is 17.8. The van der Waals surface area contributed by atoms with Crippen LogP contribution in [0.5, 0.6) is 0 Å². The Morgan fingerprint density at radius 1 is 0.814 bits per heavy atom. The smallest absolute Gasteiger partial charge is 0.294 e. The van der Waals surface area contributed by atoms with Gasteiger partial charge in [-0.2, -0.15) is 21.4 Å². The number of hydrogen-bond acceptors (Lipinski definition) is 8. The van der Waals surface area contributed by atoms with Gasteiger partial charge in [0.1, 0.15) is 6.54 Å². The molecule has 2 aromatic carbocycles. The van der Waals surface area contributed by atoms with E-state index in [9.17, 15) is 38.9 Å². The molecule has 3 N–H and O–H groups in total. The molecule has 0 aromatic heterocycles. The first-order chi connectivity index (χ1) is 19.7. The number of nitrogens with one attached hydrogen (secondary N) is 1. The number of rotatable bonds is 10. The quantitative estimate of drug-likeness (QED) is 0.145. The highest BCUT2D eigenvalue weighted by molar-refractivity contribution is 7.86. The topological polar surface area (TPSA) is 181 Å². The standard InChI is InChI=1S/C29H34N2O9S3/c1-28(2)22-18-20(42(35,36)37)12-14-24(22)30-26(28)10-6-5-7-11-27-29(3,4)23-19-21(43(38,39)40)13-15-25(23)31(27)16-8-9-17-41(32,33)34/h5-7,10-15,18-19H,8-9,16-17H2,1-4H3,(H3,32,33,34,35,36,37,38,39,40). The van der Waals surface area contributed by atoms with Crippen molar-refractivity contribution in [1.29, 1.82) is 0 Å². The van der Waals surface area contributed by atoms with Crippen LogP contribution in [0, 0.1) is 0 Å². The summed E-state index contributed by atoms with van der Waals surface area (Å²) >= 11 is 0. The summed E-state index contributed by atoms with van der Waals surface area (Å²) in [4.78, 5) is -0.411. The van der Waals surface area contributed by atoms with E-state index in [1.165, 1.54) is 24.3 Å². The summed E-state index contributed by atoms with van der Waals surface area (Å²) in [6.07, 6.45) is 9.72. The van der Waals surface area contributed by atoms with Crippen molar-refractivity contribution in [3.05, 3.63) is 83.6 Å². The third-order valence-electron chi connectivity index (χ3n) is 7.83. The van der Waals surface area contributed by atoms with Crippen LogP contribution in [0.2, 0.25) is 0 Å². The van der Waals surface area contributed by atoms with Crippen molar-refractivity contribution in [2.45, 2.75) is 61.2 Å². The molecule has 0 saturated heterocycles. The molecular formula is C29H34N2O9S3. The van der Waals surface area contributed by atoms with Gasteiger partial charge in [-0.15, -0.1) is 0 Å². The number of fused-ring (bicyclic) bond motifs is 2. The van der Waals surface area contributed by atoms with Crippen LogP contribution in [0.1, 0.15) is 51.7 Å². The lowest BCUT2D eigenvalue weighted by Gasteiger charge is -2.20. The molecule has 0 fully saturated rings. The molecule has 0 unspecified atom stereocenters. The minimum atomic E-state index is -4.43. The molecular weight excluding hydrogens is 617 g/mol. The zero-order valence-corrected chi connectivity index (χ0v) is 26.6. The molecule has 43 heavy (non-hydrogen) atoms. The Morgan fingerprint density at radius 3 is 2.02 bits per heavy atom. The van der Waals surface area contributed by atoms with Crippen molar-refractivity contribution in [2.24, 2.45) is 0 Å². The predicted molar refractivity (Wildman–Crippen MR) is 162 cm³/mol. The molecule has 0 atom stereocenters. The summed E-state index contributed by atoms with van der Waals surface area (Å²) in [6, 6.07) is 8.74. The van der Waals surface area contributed by atoms with Gasteiger partial charge >= 0.3 is 0 Å². The number of benzene rings is 2. The van der Waals surface area contributed by atoms with Gasteiger partial charge < -0.3 is 9.87 Å². The minimum Gasteiger partial charge on any atom is -0.748 e. The molecule has 4 rings (SSSR count). The van der Waals surface area contributed by atoms with Crippen LogP contribution in [-0.4, -0.2) is 61.5 Å². The zero-order chi connectivity index (χ0) is 32.0. The lowest BCUT2D eigenvalue weighted by atomic mass is 9.81. The molecule has 0 spiro atoms. The highest BCUT2D eigenvalue weighted by Gasteiger charge is 2.44. The largest absolute Gasteiger partial charge is 0.748 e. The van der Waals surface area contributed by atoms with E-state index in [4.69, 9.17) is 0 Å². The van der Waals surface area contributed by atoms with E-state index in [-0.39, 0.29) is 16.2 Å². The van der Waals surface area contributed by atoms with Crippen LogP contribution in [0.3, 0.4) is 0 Å². The SMILES string of the molecule is CC1(C)C(/C=C/C=C/C=C2/Nc3ccc(S(=O)(=O)O)cc3C2(C)C)=[N+](CCCCS(=O)(=O)[O-])c2ccc(S(=O)(=O)O)cc21. The number of unbranched alkanes of at least 4 members (excludes halogenated alkanes) is 1. The van der Waals surface area contributed by atoms with Gasteiger partial charge in [0.05, 0.1) is 25.3 Å². The van der Waals surface area contributed by atoms with Crippen molar-refractivity contribution in [2.75, 3.05) is 17.6 Å². The van der Waals surface area contributed by atoms with Gasteiger partial charge in [-0.1, -0.05) is 32.1 Å². The van der Waals surface area contributed by atoms with Crippen molar-refractivity contribution < 1.29 is 43.5 Å². The monoisotopic (exact) mass is 650 g/mol. The molecule has 232 valence electrons. The predicted octanol–water partition coefficient (Wildman–Crippen LogP) is 4.28. The fraction of sp³-hybridized carbons (Fsp3) is 0.345. The van der Waals surface area contributed by atoms with Gasteiger partial charge in [0, 0.05) is 46.7 Å². The number of nitrogens with zero attached hydrogens (tertiary/aromatic N) is 1. The zero-order valence-electron chi connectivity index (χ0n) is 24.1. The molecule has 0 radical (unpaired) electrons. The molecule has 2 aliphatic heterocycles. The van der Waals surface area contributed by atoms with E-state index < -0.39 is 46.9 Å². The molecule has 2 aromatic rings. The molecule has 14 heteroatoms. The fourth-order valence-electron chi connectivity index (χ4n) is 5.47. The Bertz CT molecular complexity index is 1920. The van der Waals surface area contributed by atoms with Gasteiger partial charge in [-0.25, -0.2) is 8.42 Å². The maximum Gasteiger partial charge on any atom is 0.294 e. The van der Waals surface area contributed by atoms with Crippen molar-refractivity contribution in [3.8, 4) is 0 Å². The van der Waals surface area contributed by atoms with Gasteiger partial charge in [-0.3, -0.25) is 9.11 Å². The van der Waals surface area contributed by atoms with E-state index in [0.29, 0.717) is 24.2 Å². The van der Waals surface area contributed by atoms with Gasteiger partial charge in [0.25, 0.3) is 20.2 Å². The van der Waals surface area contributed by atoms with Crippen molar-refractivity contribution in [3.63, 3.8) is 0 Å². The van der Waals surface area contributed by atoms with Crippen LogP contribution in [0.4, 0.5) is 11.4 Å². The normalized spacial score (nSPS) is 18.9. The van der Waals surface area contributed by atoms with Gasteiger partial charge in [-0.05, 0) is 62.2 Å². The molecule has 0 aliphatic carbocycles. The number of allylic oxidation sites excluding steroid dienone is 6. The first-order valence-electron chi connectivity index (χ1n) is 13.4. The van der Waals surface area contributed by atoms with Crippen molar-refractivity contribution >= 4 is 47.4 Å². The summed E-state index contributed by atoms with van der Waals surface area (Å²) in [5.41, 5.74) is 3.23. The first kappa shape index (κ1) is 32.8. The fourth-order valence-corrected chi connectivity index (χ4v) is 7.04. The maximum absolute atomic E-state index is 11.8. The molecule has 0 amide bonds. The molecule has 2 heterocycles.